The lowest BCUT2D eigenvalue weighted by Gasteiger charge is -2.14. The maximum Gasteiger partial charge on any atom is 0.141 e. The summed E-state index contributed by atoms with van der Waals surface area (Å²) in [4.78, 5) is 5.48. The first-order valence-electron chi connectivity index (χ1n) is 5.60. The second-order valence-corrected chi connectivity index (χ2v) is 4.89. The van der Waals surface area contributed by atoms with Crippen molar-refractivity contribution in [3.8, 4) is 0 Å². The number of aryl methyl sites for hydroxylation is 1. The lowest BCUT2D eigenvalue weighted by Crippen LogP contribution is -2.18. The molecule has 0 aliphatic rings. The molecule has 0 spiro atoms. The molecule has 0 aliphatic carbocycles. The van der Waals surface area contributed by atoms with E-state index in [1.54, 1.807) is 17.4 Å². The highest BCUT2D eigenvalue weighted by molar-refractivity contribution is 7.09. The van der Waals surface area contributed by atoms with Crippen molar-refractivity contribution in [3.05, 3.63) is 52.2 Å². The molecule has 17 heavy (non-hydrogen) atoms. The van der Waals surface area contributed by atoms with Crippen molar-refractivity contribution >= 4 is 11.3 Å². The van der Waals surface area contributed by atoms with Crippen LogP contribution in [-0.2, 0) is 6.42 Å². The topological polar surface area (TPSA) is 24.9 Å². The molecule has 0 aliphatic heterocycles. The summed E-state index contributed by atoms with van der Waals surface area (Å²) >= 11 is 1.76. The van der Waals surface area contributed by atoms with Gasteiger partial charge in [0.15, 0.2) is 0 Å². The number of hydrogen-bond acceptors (Lipinski definition) is 3. The molecule has 2 aromatic heterocycles. The molecule has 90 valence electrons. The Morgan fingerprint density at radius 3 is 2.88 bits per heavy atom. The summed E-state index contributed by atoms with van der Waals surface area (Å²) in [6.45, 7) is 0. The Hall–Kier alpha value is -1.26. The predicted molar refractivity (Wildman–Crippen MR) is 68.6 cm³/mol. The number of hydrogen-bond donors (Lipinski definition) is 1. The average Bonchev–Trinajstić information content (AvgIpc) is 2.85. The maximum atomic E-state index is 12.8. The number of nitrogens with zero attached hydrogens (tertiary/aromatic N) is 1. The number of halogens is 1. The molecule has 0 amide bonds. The van der Waals surface area contributed by atoms with Crippen LogP contribution in [0.15, 0.2) is 35.8 Å². The molecule has 0 saturated carbocycles. The summed E-state index contributed by atoms with van der Waals surface area (Å²) in [5.74, 6) is -0.290. The fraction of sp³-hybridized carbons (Fsp3) is 0.308. The van der Waals surface area contributed by atoms with Crippen molar-refractivity contribution in [1.82, 2.24) is 10.3 Å². The highest BCUT2D eigenvalue weighted by atomic mass is 32.1. The van der Waals surface area contributed by atoms with Gasteiger partial charge in [-0.05, 0) is 43.5 Å². The smallest absolute Gasteiger partial charge is 0.141 e. The van der Waals surface area contributed by atoms with Gasteiger partial charge in [0.1, 0.15) is 5.82 Å². The first-order chi connectivity index (χ1) is 8.29. The summed E-state index contributed by atoms with van der Waals surface area (Å²) in [6, 6.07) is 7.57. The average molecular weight is 250 g/mol. The molecule has 4 heteroatoms. The Morgan fingerprint density at radius 2 is 2.29 bits per heavy atom. The first-order valence-corrected chi connectivity index (χ1v) is 6.48. The van der Waals surface area contributed by atoms with Crippen LogP contribution in [-0.4, -0.2) is 12.0 Å². The Labute approximate surface area is 105 Å². The summed E-state index contributed by atoms with van der Waals surface area (Å²) in [5, 5.41) is 5.30. The van der Waals surface area contributed by atoms with E-state index in [4.69, 9.17) is 0 Å². The summed E-state index contributed by atoms with van der Waals surface area (Å²) < 4.78 is 12.8. The van der Waals surface area contributed by atoms with Gasteiger partial charge in [-0.2, -0.15) is 0 Å². The highest BCUT2D eigenvalue weighted by Gasteiger charge is 2.10. The van der Waals surface area contributed by atoms with E-state index < -0.39 is 0 Å². The SMILES string of the molecule is CNC(CCc1cccs1)c1ccc(F)cn1. The van der Waals surface area contributed by atoms with Gasteiger partial charge in [-0.1, -0.05) is 6.07 Å². The Morgan fingerprint density at radius 1 is 1.41 bits per heavy atom. The van der Waals surface area contributed by atoms with Crippen LogP contribution >= 0.6 is 11.3 Å². The molecule has 2 nitrogen and oxygen atoms in total. The van der Waals surface area contributed by atoms with Crippen LogP contribution in [0.5, 0.6) is 0 Å². The molecule has 0 saturated heterocycles. The van der Waals surface area contributed by atoms with Gasteiger partial charge in [-0.15, -0.1) is 11.3 Å². The Bertz CT molecular complexity index is 439. The molecule has 2 heterocycles. The number of aromatic nitrogens is 1. The predicted octanol–water partition coefficient (Wildman–Crippen LogP) is 3.18. The van der Waals surface area contributed by atoms with E-state index in [0.717, 1.165) is 18.5 Å². The summed E-state index contributed by atoms with van der Waals surface area (Å²) in [5.41, 5.74) is 0.894. The van der Waals surface area contributed by atoms with Crippen LogP contribution in [0.25, 0.3) is 0 Å². The number of thiophene rings is 1. The maximum absolute atomic E-state index is 12.8. The molecule has 2 rings (SSSR count). The van der Waals surface area contributed by atoms with Gasteiger partial charge in [0.05, 0.1) is 11.9 Å². The van der Waals surface area contributed by atoms with Crippen molar-refractivity contribution in [2.45, 2.75) is 18.9 Å². The minimum absolute atomic E-state index is 0.178. The third kappa shape index (κ3) is 3.35. The Kier molecular flexibility index (Phi) is 4.23. The molecule has 0 fully saturated rings. The monoisotopic (exact) mass is 250 g/mol. The van der Waals surface area contributed by atoms with Crippen LogP contribution in [0.1, 0.15) is 23.0 Å². The van der Waals surface area contributed by atoms with E-state index in [9.17, 15) is 4.39 Å². The van der Waals surface area contributed by atoms with Crippen molar-refractivity contribution in [2.24, 2.45) is 0 Å². The number of nitrogens with one attached hydrogen (secondary N) is 1. The molecular formula is C13H15FN2S. The Balaban J connectivity index is 1.99. The van der Waals surface area contributed by atoms with Crippen LogP contribution in [0.4, 0.5) is 4.39 Å². The van der Waals surface area contributed by atoms with Crippen LogP contribution in [0.3, 0.4) is 0 Å². The summed E-state index contributed by atoms with van der Waals surface area (Å²) in [6.07, 6.45) is 3.25. The van der Waals surface area contributed by atoms with E-state index in [1.807, 2.05) is 7.05 Å². The molecule has 1 N–H and O–H groups in total. The van der Waals surface area contributed by atoms with Gasteiger partial charge in [0.25, 0.3) is 0 Å². The standard InChI is InChI=1S/C13H15FN2S/c1-15-12(7-5-11-3-2-8-17-11)13-6-4-10(14)9-16-13/h2-4,6,8-9,12,15H,5,7H2,1H3. The molecule has 1 atom stereocenters. The molecule has 0 bridgehead atoms. The zero-order valence-corrected chi connectivity index (χ0v) is 10.5. The van der Waals surface area contributed by atoms with Gasteiger partial charge in [-0.25, -0.2) is 4.39 Å². The first kappa shape index (κ1) is 12.2. The largest absolute Gasteiger partial charge is 0.312 e. The van der Waals surface area contributed by atoms with Gasteiger partial charge < -0.3 is 5.32 Å². The van der Waals surface area contributed by atoms with E-state index in [2.05, 4.69) is 27.8 Å². The van der Waals surface area contributed by atoms with E-state index in [-0.39, 0.29) is 11.9 Å². The third-order valence-electron chi connectivity index (χ3n) is 2.72. The van der Waals surface area contributed by atoms with Crippen LogP contribution in [0, 0.1) is 5.82 Å². The summed E-state index contributed by atoms with van der Waals surface area (Å²) in [7, 11) is 1.91. The minimum Gasteiger partial charge on any atom is -0.312 e. The molecular weight excluding hydrogens is 235 g/mol. The fourth-order valence-electron chi connectivity index (χ4n) is 1.77. The molecule has 2 aromatic rings. The normalized spacial score (nSPS) is 12.6. The third-order valence-corrected chi connectivity index (χ3v) is 3.65. The fourth-order valence-corrected chi connectivity index (χ4v) is 2.50. The van der Waals surface area contributed by atoms with Gasteiger partial charge >= 0.3 is 0 Å². The lowest BCUT2D eigenvalue weighted by molar-refractivity contribution is 0.532. The van der Waals surface area contributed by atoms with E-state index >= 15 is 0 Å². The molecule has 1 unspecified atom stereocenters. The molecule has 0 aromatic carbocycles. The number of rotatable bonds is 5. The zero-order chi connectivity index (χ0) is 12.1. The van der Waals surface area contributed by atoms with Crippen LogP contribution in [0.2, 0.25) is 0 Å². The van der Waals surface area contributed by atoms with E-state index in [0.29, 0.717) is 0 Å². The van der Waals surface area contributed by atoms with Gasteiger partial charge in [0, 0.05) is 10.9 Å². The lowest BCUT2D eigenvalue weighted by atomic mass is 10.1. The second-order valence-electron chi connectivity index (χ2n) is 3.86. The van der Waals surface area contributed by atoms with Crippen molar-refractivity contribution in [2.75, 3.05) is 7.05 Å². The second kappa shape index (κ2) is 5.89. The van der Waals surface area contributed by atoms with E-state index in [1.165, 1.54) is 17.1 Å². The van der Waals surface area contributed by atoms with Gasteiger partial charge in [0.2, 0.25) is 0 Å². The van der Waals surface area contributed by atoms with Gasteiger partial charge in [-0.3, -0.25) is 4.98 Å². The zero-order valence-electron chi connectivity index (χ0n) is 9.69. The quantitative estimate of drug-likeness (QED) is 0.881. The minimum atomic E-state index is -0.290. The highest BCUT2D eigenvalue weighted by Crippen LogP contribution is 2.19. The van der Waals surface area contributed by atoms with Crippen molar-refractivity contribution in [3.63, 3.8) is 0 Å². The van der Waals surface area contributed by atoms with Crippen molar-refractivity contribution in [1.29, 1.82) is 0 Å². The number of pyridine rings is 1. The van der Waals surface area contributed by atoms with Crippen molar-refractivity contribution < 1.29 is 4.39 Å². The molecule has 0 radical (unpaired) electrons. The van der Waals surface area contributed by atoms with Crippen LogP contribution < -0.4 is 5.32 Å².